The molecule has 0 aliphatic heterocycles. The topological polar surface area (TPSA) is 27.7 Å². The fourth-order valence-electron chi connectivity index (χ4n) is 1.82. The molecule has 0 spiro atoms. The van der Waals surface area contributed by atoms with Crippen LogP contribution in [-0.4, -0.2) is 14.2 Å². The molecule has 0 saturated carbocycles. The molecule has 0 fully saturated rings. The van der Waals surface area contributed by atoms with Gasteiger partial charge in [-0.05, 0) is 42.3 Å². The molecule has 3 nitrogen and oxygen atoms in total. The molecule has 2 rings (SSSR count). The van der Waals surface area contributed by atoms with Crippen LogP contribution in [-0.2, 0) is 6.61 Å². The highest BCUT2D eigenvalue weighted by molar-refractivity contribution is 5.38. The molecule has 0 unspecified atom stereocenters. The lowest BCUT2D eigenvalue weighted by molar-refractivity contribution is 0.303. The maximum atomic E-state index is 5.76. The van der Waals surface area contributed by atoms with Crippen molar-refractivity contribution >= 4 is 0 Å². The lowest BCUT2D eigenvalue weighted by atomic mass is 10.2. The van der Waals surface area contributed by atoms with E-state index in [1.54, 1.807) is 14.2 Å². The Morgan fingerprint density at radius 3 is 2.11 bits per heavy atom. The highest BCUT2D eigenvalue weighted by Crippen LogP contribution is 2.23. The summed E-state index contributed by atoms with van der Waals surface area (Å²) in [6, 6.07) is 13.7. The van der Waals surface area contributed by atoms with Crippen molar-refractivity contribution in [2.45, 2.75) is 13.5 Å². The molecule has 100 valence electrons. The van der Waals surface area contributed by atoms with Crippen LogP contribution >= 0.6 is 0 Å². The number of aryl methyl sites for hydroxylation is 1. The molecule has 3 heteroatoms. The molecule has 0 atom stereocenters. The molecule has 0 radical (unpaired) electrons. The van der Waals surface area contributed by atoms with Gasteiger partial charge in [0, 0.05) is 6.07 Å². The Hall–Kier alpha value is -2.16. The molecule has 0 aromatic heterocycles. The van der Waals surface area contributed by atoms with Gasteiger partial charge in [-0.15, -0.1) is 0 Å². The van der Waals surface area contributed by atoms with Crippen LogP contribution in [0.4, 0.5) is 0 Å². The minimum Gasteiger partial charge on any atom is -0.497 e. The Bertz CT molecular complexity index is 527. The van der Waals surface area contributed by atoms with Gasteiger partial charge < -0.3 is 14.2 Å². The summed E-state index contributed by atoms with van der Waals surface area (Å²) < 4.78 is 16.2. The number of benzene rings is 2. The van der Waals surface area contributed by atoms with Crippen molar-refractivity contribution in [3.05, 3.63) is 53.6 Å². The molecular weight excluding hydrogens is 240 g/mol. The summed E-state index contributed by atoms with van der Waals surface area (Å²) in [5.74, 6) is 2.39. The minimum atomic E-state index is 0.483. The second kappa shape index (κ2) is 6.14. The predicted molar refractivity (Wildman–Crippen MR) is 75.1 cm³/mol. The van der Waals surface area contributed by atoms with Gasteiger partial charge in [-0.1, -0.05) is 12.1 Å². The largest absolute Gasteiger partial charge is 0.497 e. The van der Waals surface area contributed by atoms with Crippen LogP contribution < -0.4 is 14.2 Å². The van der Waals surface area contributed by atoms with Crippen molar-refractivity contribution in [3.63, 3.8) is 0 Å². The first kappa shape index (κ1) is 13.3. The first-order valence-corrected chi connectivity index (χ1v) is 6.12. The summed E-state index contributed by atoms with van der Waals surface area (Å²) in [5, 5.41) is 0. The maximum absolute atomic E-state index is 5.76. The van der Waals surface area contributed by atoms with Crippen LogP contribution in [0.2, 0.25) is 0 Å². The molecule has 2 aromatic rings. The van der Waals surface area contributed by atoms with E-state index in [2.05, 4.69) is 0 Å². The second-order valence-electron chi connectivity index (χ2n) is 4.33. The summed E-state index contributed by atoms with van der Waals surface area (Å²) in [5.41, 5.74) is 2.19. The Balaban J connectivity index is 2.10. The third-order valence-electron chi connectivity index (χ3n) is 2.81. The molecular formula is C16H18O3. The molecule has 0 aliphatic rings. The van der Waals surface area contributed by atoms with Crippen molar-refractivity contribution in [3.8, 4) is 17.2 Å². The molecule has 19 heavy (non-hydrogen) atoms. The van der Waals surface area contributed by atoms with E-state index in [1.165, 1.54) is 5.56 Å². The third kappa shape index (κ3) is 3.65. The van der Waals surface area contributed by atoms with Gasteiger partial charge >= 0.3 is 0 Å². The van der Waals surface area contributed by atoms with Crippen LogP contribution in [0.1, 0.15) is 11.1 Å². The van der Waals surface area contributed by atoms with Gasteiger partial charge in [-0.2, -0.15) is 0 Å². The minimum absolute atomic E-state index is 0.483. The van der Waals surface area contributed by atoms with Crippen molar-refractivity contribution < 1.29 is 14.2 Å². The Morgan fingerprint density at radius 2 is 1.53 bits per heavy atom. The highest BCUT2D eigenvalue weighted by Gasteiger charge is 2.03. The SMILES string of the molecule is COc1cc(COc2cccc(C)c2)cc(OC)c1. The molecule has 0 aliphatic carbocycles. The van der Waals surface area contributed by atoms with Gasteiger partial charge in [-0.25, -0.2) is 0 Å². The highest BCUT2D eigenvalue weighted by atomic mass is 16.5. The zero-order valence-corrected chi connectivity index (χ0v) is 11.5. The van der Waals surface area contributed by atoms with Crippen molar-refractivity contribution in [1.82, 2.24) is 0 Å². The van der Waals surface area contributed by atoms with Crippen molar-refractivity contribution in [1.29, 1.82) is 0 Å². The predicted octanol–water partition coefficient (Wildman–Crippen LogP) is 3.59. The molecule has 0 saturated heterocycles. The fraction of sp³-hybridized carbons (Fsp3) is 0.250. The van der Waals surface area contributed by atoms with E-state index in [1.807, 2.05) is 49.4 Å². The number of methoxy groups -OCH3 is 2. The normalized spacial score (nSPS) is 10.1. The van der Waals surface area contributed by atoms with E-state index >= 15 is 0 Å². The van der Waals surface area contributed by atoms with Crippen LogP contribution in [0.3, 0.4) is 0 Å². The summed E-state index contributed by atoms with van der Waals surface area (Å²) in [4.78, 5) is 0. The zero-order valence-electron chi connectivity index (χ0n) is 11.5. The van der Waals surface area contributed by atoms with Crippen molar-refractivity contribution in [2.75, 3.05) is 14.2 Å². The molecule has 2 aromatic carbocycles. The number of hydrogen-bond donors (Lipinski definition) is 0. The van der Waals surface area contributed by atoms with E-state index < -0.39 is 0 Å². The quantitative estimate of drug-likeness (QED) is 0.820. The van der Waals surface area contributed by atoms with Crippen LogP contribution in [0.5, 0.6) is 17.2 Å². The number of rotatable bonds is 5. The van der Waals surface area contributed by atoms with E-state index in [9.17, 15) is 0 Å². The third-order valence-corrected chi connectivity index (χ3v) is 2.81. The average molecular weight is 258 g/mol. The van der Waals surface area contributed by atoms with Crippen LogP contribution in [0, 0.1) is 6.92 Å². The summed E-state index contributed by atoms with van der Waals surface area (Å²) in [6.45, 7) is 2.53. The zero-order chi connectivity index (χ0) is 13.7. The second-order valence-corrected chi connectivity index (χ2v) is 4.33. The van der Waals surface area contributed by atoms with Gasteiger partial charge in [-0.3, -0.25) is 0 Å². The smallest absolute Gasteiger partial charge is 0.122 e. The van der Waals surface area contributed by atoms with Crippen LogP contribution in [0.25, 0.3) is 0 Å². The number of hydrogen-bond acceptors (Lipinski definition) is 3. The summed E-state index contributed by atoms with van der Waals surface area (Å²) in [6.07, 6.45) is 0. The fourth-order valence-corrected chi connectivity index (χ4v) is 1.82. The Morgan fingerprint density at radius 1 is 0.842 bits per heavy atom. The van der Waals surface area contributed by atoms with Gasteiger partial charge in [0.2, 0.25) is 0 Å². The molecule has 0 bridgehead atoms. The summed E-state index contributed by atoms with van der Waals surface area (Å²) >= 11 is 0. The average Bonchev–Trinajstić information content (AvgIpc) is 2.44. The van der Waals surface area contributed by atoms with Crippen molar-refractivity contribution in [2.24, 2.45) is 0 Å². The van der Waals surface area contributed by atoms with Gasteiger partial charge in [0.15, 0.2) is 0 Å². The lowest BCUT2D eigenvalue weighted by Crippen LogP contribution is -1.97. The molecule has 0 N–H and O–H groups in total. The Labute approximate surface area is 113 Å². The monoisotopic (exact) mass is 258 g/mol. The molecule has 0 heterocycles. The first-order chi connectivity index (χ1) is 9.21. The molecule has 0 amide bonds. The van der Waals surface area contributed by atoms with Gasteiger partial charge in [0.1, 0.15) is 23.9 Å². The van der Waals surface area contributed by atoms with Gasteiger partial charge in [0.05, 0.1) is 14.2 Å². The number of ether oxygens (including phenoxy) is 3. The van der Waals surface area contributed by atoms with E-state index in [-0.39, 0.29) is 0 Å². The van der Waals surface area contributed by atoms with E-state index in [0.29, 0.717) is 6.61 Å². The summed E-state index contributed by atoms with van der Waals surface area (Å²) in [7, 11) is 3.28. The standard InChI is InChI=1S/C16H18O3/c1-12-5-4-6-14(7-12)19-11-13-8-15(17-2)10-16(9-13)18-3/h4-10H,11H2,1-3H3. The van der Waals surface area contributed by atoms with E-state index in [0.717, 1.165) is 22.8 Å². The maximum Gasteiger partial charge on any atom is 0.122 e. The van der Waals surface area contributed by atoms with Gasteiger partial charge in [0.25, 0.3) is 0 Å². The first-order valence-electron chi connectivity index (χ1n) is 6.12. The lowest BCUT2D eigenvalue weighted by Gasteiger charge is -2.10. The Kier molecular flexibility index (Phi) is 4.29. The van der Waals surface area contributed by atoms with E-state index in [4.69, 9.17) is 14.2 Å². The van der Waals surface area contributed by atoms with Crippen LogP contribution in [0.15, 0.2) is 42.5 Å².